The van der Waals surface area contributed by atoms with Crippen LogP contribution in [0, 0.1) is 5.82 Å². The minimum Gasteiger partial charge on any atom is -0.378 e. The molecule has 1 aliphatic carbocycles. The van der Waals surface area contributed by atoms with E-state index in [9.17, 15) is 9.59 Å². The molecule has 0 unspecified atom stereocenters. The molecule has 4 aromatic rings. The van der Waals surface area contributed by atoms with E-state index in [0.29, 0.717) is 29.1 Å². The van der Waals surface area contributed by atoms with Crippen LogP contribution in [0.25, 0.3) is 32.2 Å². The van der Waals surface area contributed by atoms with Crippen LogP contribution in [-0.4, -0.2) is 35.2 Å². The van der Waals surface area contributed by atoms with Crippen LogP contribution >= 0.6 is 11.5 Å². The molecule has 2 aliphatic rings. The van der Waals surface area contributed by atoms with Crippen molar-refractivity contribution >= 4 is 38.3 Å². The molecule has 2 fully saturated rings. The summed E-state index contributed by atoms with van der Waals surface area (Å²) in [6.45, 7) is 3.10. The Hall–Kier alpha value is -2.97. The number of hydrogen-bond acceptors (Lipinski definition) is 5. The zero-order chi connectivity index (χ0) is 21.1. The number of morpholine rings is 1. The largest absolute Gasteiger partial charge is 0.378 e. The van der Waals surface area contributed by atoms with E-state index in [0.717, 1.165) is 37.2 Å². The number of anilines is 1. The van der Waals surface area contributed by atoms with Gasteiger partial charge in [0.25, 0.3) is 5.56 Å². The lowest BCUT2D eigenvalue weighted by Gasteiger charge is -2.29. The van der Waals surface area contributed by atoms with E-state index in [1.54, 1.807) is 6.07 Å². The molecular formula is C23H20FN3O3S. The van der Waals surface area contributed by atoms with Gasteiger partial charge in [-0.15, -0.1) is 0 Å². The Labute approximate surface area is 180 Å². The fourth-order valence-corrected chi connectivity index (χ4v) is 5.37. The van der Waals surface area contributed by atoms with Crippen molar-refractivity contribution in [1.29, 1.82) is 0 Å². The Kier molecular flexibility index (Phi) is 4.26. The van der Waals surface area contributed by atoms with Gasteiger partial charge < -0.3 is 14.2 Å². The van der Waals surface area contributed by atoms with Crippen molar-refractivity contribution in [2.24, 2.45) is 0 Å². The van der Waals surface area contributed by atoms with Crippen LogP contribution in [-0.2, 0) is 4.74 Å². The fourth-order valence-electron chi connectivity index (χ4n) is 4.44. The summed E-state index contributed by atoms with van der Waals surface area (Å²) in [4.78, 5) is 28.1. The SMILES string of the molecule is O=c1[nH]sc2c1c(=O)c1cc(F)c(-c3ccc(N4CCOCC4)cc3)cc1n2C1CC1. The first-order valence-electron chi connectivity index (χ1n) is 10.4. The molecule has 31 heavy (non-hydrogen) atoms. The van der Waals surface area contributed by atoms with Crippen LogP contribution in [0.3, 0.4) is 0 Å². The van der Waals surface area contributed by atoms with Crippen molar-refractivity contribution in [1.82, 2.24) is 8.94 Å². The van der Waals surface area contributed by atoms with Crippen LogP contribution in [0.2, 0.25) is 0 Å². The van der Waals surface area contributed by atoms with Crippen LogP contribution in [0.1, 0.15) is 18.9 Å². The van der Waals surface area contributed by atoms with Crippen LogP contribution in [0.5, 0.6) is 0 Å². The van der Waals surface area contributed by atoms with Gasteiger partial charge in [0.1, 0.15) is 16.0 Å². The number of halogens is 1. The van der Waals surface area contributed by atoms with Crippen LogP contribution < -0.4 is 15.9 Å². The van der Waals surface area contributed by atoms with Gasteiger partial charge in [0.15, 0.2) is 0 Å². The lowest BCUT2D eigenvalue weighted by molar-refractivity contribution is 0.122. The van der Waals surface area contributed by atoms with Gasteiger partial charge in [0, 0.05) is 35.8 Å². The second kappa shape index (κ2) is 7.03. The highest BCUT2D eigenvalue weighted by Crippen LogP contribution is 2.41. The van der Waals surface area contributed by atoms with Gasteiger partial charge in [-0.05, 0) is 54.2 Å². The van der Waals surface area contributed by atoms with Crippen molar-refractivity contribution in [3.8, 4) is 11.1 Å². The maximum Gasteiger partial charge on any atom is 0.271 e. The van der Waals surface area contributed by atoms with E-state index in [1.807, 2.05) is 28.8 Å². The van der Waals surface area contributed by atoms with Crippen molar-refractivity contribution in [3.63, 3.8) is 0 Å². The van der Waals surface area contributed by atoms with Gasteiger partial charge in [0.05, 0.1) is 18.7 Å². The third-order valence-corrected chi connectivity index (χ3v) is 7.06. The standard InChI is InChI=1S/C23H20FN3O3S/c24-18-11-17-19(27(15-5-6-15)23-20(21(17)28)22(29)25-31-23)12-16(18)13-1-3-14(4-2-13)26-7-9-30-10-8-26/h1-4,11-12,15H,5-10H2,(H,25,29). The first kappa shape index (κ1) is 18.8. The third kappa shape index (κ3) is 3.01. The molecule has 2 aromatic heterocycles. The van der Waals surface area contributed by atoms with Crippen molar-refractivity contribution in [2.45, 2.75) is 18.9 Å². The number of rotatable bonds is 3. The van der Waals surface area contributed by atoms with Gasteiger partial charge in [-0.1, -0.05) is 12.1 Å². The lowest BCUT2D eigenvalue weighted by Crippen LogP contribution is -2.36. The summed E-state index contributed by atoms with van der Waals surface area (Å²) >= 11 is 1.18. The number of ether oxygens (including phenoxy) is 1. The molecule has 158 valence electrons. The van der Waals surface area contributed by atoms with Gasteiger partial charge >= 0.3 is 0 Å². The number of nitrogens with one attached hydrogen (secondary N) is 1. The molecule has 8 heteroatoms. The molecule has 3 heterocycles. The van der Waals surface area contributed by atoms with E-state index in [-0.39, 0.29) is 16.8 Å². The van der Waals surface area contributed by atoms with Gasteiger partial charge in [-0.2, -0.15) is 0 Å². The molecule has 2 aromatic carbocycles. The number of aromatic amines is 1. The summed E-state index contributed by atoms with van der Waals surface area (Å²) in [6, 6.07) is 11.1. The summed E-state index contributed by atoms with van der Waals surface area (Å²) in [5.74, 6) is -0.461. The minimum atomic E-state index is -0.461. The smallest absolute Gasteiger partial charge is 0.271 e. The normalized spacial score (nSPS) is 17.0. The van der Waals surface area contributed by atoms with E-state index < -0.39 is 16.8 Å². The molecule has 6 nitrogen and oxygen atoms in total. The Morgan fingerprint density at radius 3 is 2.52 bits per heavy atom. The van der Waals surface area contributed by atoms with E-state index >= 15 is 4.39 Å². The van der Waals surface area contributed by atoms with Gasteiger partial charge in [0.2, 0.25) is 5.43 Å². The minimum absolute atomic E-state index is 0.131. The van der Waals surface area contributed by atoms with Gasteiger partial charge in [-0.25, -0.2) is 4.39 Å². The Balaban J connectivity index is 1.52. The molecule has 1 saturated heterocycles. The van der Waals surface area contributed by atoms with Crippen molar-refractivity contribution in [2.75, 3.05) is 31.2 Å². The average Bonchev–Trinajstić information content (AvgIpc) is 3.56. The molecule has 1 aliphatic heterocycles. The summed E-state index contributed by atoms with van der Waals surface area (Å²) in [5, 5.41) is 0.390. The number of fused-ring (bicyclic) bond motifs is 2. The lowest BCUT2D eigenvalue weighted by atomic mass is 10.0. The molecule has 0 radical (unpaired) electrons. The average molecular weight is 437 g/mol. The van der Waals surface area contributed by atoms with E-state index in [4.69, 9.17) is 4.74 Å². The quantitative estimate of drug-likeness (QED) is 0.528. The first-order valence-corrected chi connectivity index (χ1v) is 11.3. The highest BCUT2D eigenvalue weighted by molar-refractivity contribution is 7.12. The van der Waals surface area contributed by atoms with Gasteiger partial charge in [-0.3, -0.25) is 14.0 Å². The predicted octanol–water partition coefficient (Wildman–Crippen LogP) is 3.88. The molecule has 1 saturated carbocycles. The van der Waals surface area contributed by atoms with Crippen molar-refractivity contribution in [3.05, 3.63) is 62.8 Å². The van der Waals surface area contributed by atoms with E-state index in [1.165, 1.54) is 17.6 Å². The number of H-pyrrole nitrogens is 1. The highest BCUT2D eigenvalue weighted by Gasteiger charge is 2.29. The predicted molar refractivity (Wildman–Crippen MR) is 121 cm³/mol. The van der Waals surface area contributed by atoms with Crippen LogP contribution in [0.4, 0.5) is 10.1 Å². The Morgan fingerprint density at radius 2 is 1.81 bits per heavy atom. The molecule has 0 atom stereocenters. The zero-order valence-corrected chi connectivity index (χ0v) is 17.5. The highest BCUT2D eigenvalue weighted by atomic mass is 32.1. The van der Waals surface area contributed by atoms with Crippen molar-refractivity contribution < 1.29 is 9.13 Å². The first-order chi connectivity index (χ1) is 15.1. The Morgan fingerprint density at radius 1 is 1.06 bits per heavy atom. The second-order valence-electron chi connectivity index (χ2n) is 8.14. The van der Waals surface area contributed by atoms with Crippen LogP contribution in [0.15, 0.2) is 46.0 Å². The maximum absolute atomic E-state index is 15.2. The second-order valence-corrected chi connectivity index (χ2v) is 8.93. The summed E-state index contributed by atoms with van der Waals surface area (Å²) in [6.07, 6.45) is 1.97. The molecule has 1 N–H and O–H groups in total. The molecule has 0 spiro atoms. The fraction of sp³-hybridized carbons (Fsp3) is 0.304. The topological polar surface area (TPSA) is 67.3 Å². The molecule has 0 bridgehead atoms. The zero-order valence-electron chi connectivity index (χ0n) is 16.7. The number of nitrogens with zero attached hydrogens (tertiary/aromatic N) is 2. The molecule has 6 rings (SSSR count). The molecule has 0 amide bonds. The summed E-state index contributed by atoms with van der Waals surface area (Å²) < 4.78 is 25.3. The maximum atomic E-state index is 15.2. The molecular weight excluding hydrogens is 417 g/mol. The third-order valence-electron chi connectivity index (χ3n) is 6.18. The number of benzene rings is 2. The number of pyridine rings is 1. The number of aromatic nitrogens is 2. The Bertz CT molecular complexity index is 1430. The summed E-state index contributed by atoms with van der Waals surface area (Å²) in [5.41, 5.74) is 2.18. The monoisotopic (exact) mass is 437 g/mol. The van der Waals surface area contributed by atoms with E-state index in [2.05, 4.69) is 9.27 Å². The number of hydrogen-bond donors (Lipinski definition) is 1. The summed E-state index contributed by atoms with van der Waals surface area (Å²) in [7, 11) is 0.